The first-order valence-corrected chi connectivity index (χ1v) is 10.5. The summed E-state index contributed by atoms with van der Waals surface area (Å²) in [5.74, 6) is 0. The third kappa shape index (κ3) is 3.60. The van der Waals surface area contributed by atoms with Gasteiger partial charge in [-0.3, -0.25) is 9.55 Å². The highest BCUT2D eigenvalue weighted by Gasteiger charge is 2.39. The standard InChI is InChI=1S/C20H14F3N5O2S/c1-12(20(21,22)23)27-31(29,30)14-7-8-17(26-11-14)18-16(10-24)15-6-3-9-25-19(15)28(18)13-4-2-5-13/h2-9,11-12,27H,1H3/t12-/m0/s1. The van der Waals surface area contributed by atoms with Gasteiger partial charge in [0.1, 0.15) is 22.7 Å². The molecule has 0 bridgehead atoms. The minimum absolute atomic E-state index is 0.276. The normalized spacial score (nSPS) is 14.7. The average molecular weight is 445 g/mol. The number of rotatable bonds is 5. The zero-order valence-electron chi connectivity index (χ0n) is 15.9. The summed E-state index contributed by atoms with van der Waals surface area (Å²) in [6.45, 7) is 0.712. The molecule has 1 atom stereocenters. The van der Waals surface area contributed by atoms with Gasteiger partial charge in [-0.15, -0.1) is 0 Å². The van der Waals surface area contributed by atoms with E-state index in [0.717, 1.165) is 18.0 Å². The molecule has 1 aliphatic carbocycles. The number of aromatic nitrogens is 3. The number of halogens is 3. The van der Waals surface area contributed by atoms with Crippen molar-refractivity contribution in [3.8, 4) is 17.5 Å². The van der Waals surface area contributed by atoms with Crippen LogP contribution in [0.1, 0.15) is 12.5 Å². The summed E-state index contributed by atoms with van der Waals surface area (Å²) in [5, 5.41) is 10.4. The highest BCUT2D eigenvalue weighted by Crippen LogP contribution is 2.36. The first kappa shape index (κ1) is 20.8. The summed E-state index contributed by atoms with van der Waals surface area (Å²) in [4.78, 5) is 8.06. The molecule has 3 aromatic rings. The minimum atomic E-state index is -4.72. The molecule has 0 unspecified atom stereocenters. The van der Waals surface area contributed by atoms with Crippen molar-refractivity contribution in [2.24, 2.45) is 0 Å². The van der Waals surface area contributed by atoms with E-state index >= 15 is 0 Å². The van der Waals surface area contributed by atoms with Crippen LogP contribution in [0.15, 0.2) is 59.8 Å². The molecule has 4 rings (SSSR count). The lowest BCUT2D eigenvalue weighted by molar-refractivity contribution is -0.147. The number of allylic oxidation sites excluding steroid dienone is 4. The molecule has 7 nitrogen and oxygen atoms in total. The zero-order chi connectivity index (χ0) is 22.4. The van der Waals surface area contributed by atoms with Crippen LogP contribution in [-0.4, -0.2) is 35.2 Å². The van der Waals surface area contributed by atoms with Gasteiger partial charge in [0.25, 0.3) is 0 Å². The second-order valence-electron chi connectivity index (χ2n) is 6.76. The topological polar surface area (TPSA) is 101 Å². The zero-order valence-corrected chi connectivity index (χ0v) is 16.7. The molecule has 3 heterocycles. The number of hydrogen-bond donors (Lipinski definition) is 1. The van der Waals surface area contributed by atoms with Crippen molar-refractivity contribution in [2.75, 3.05) is 0 Å². The van der Waals surface area contributed by atoms with Crippen LogP contribution in [0, 0.1) is 11.3 Å². The summed E-state index contributed by atoms with van der Waals surface area (Å²) >= 11 is 0. The summed E-state index contributed by atoms with van der Waals surface area (Å²) in [6, 6.07) is 5.82. The van der Waals surface area contributed by atoms with Crippen molar-refractivity contribution in [1.29, 1.82) is 5.26 Å². The van der Waals surface area contributed by atoms with Gasteiger partial charge in [0, 0.05) is 23.5 Å². The van der Waals surface area contributed by atoms with Gasteiger partial charge in [-0.05, 0) is 43.3 Å². The van der Waals surface area contributed by atoms with Crippen LogP contribution in [0.25, 0.3) is 28.1 Å². The Morgan fingerprint density at radius 1 is 1.23 bits per heavy atom. The Labute approximate surface area is 175 Å². The number of alkyl halides is 3. The monoisotopic (exact) mass is 445 g/mol. The molecule has 0 amide bonds. The maximum absolute atomic E-state index is 12.7. The van der Waals surface area contributed by atoms with Crippen LogP contribution in [0.3, 0.4) is 0 Å². The van der Waals surface area contributed by atoms with E-state index in [1.165, 1.54) is 6.07 Å². The van der Waals surface area contributed by atoms with Gasteiger partial charge in [-0.2, -0.15) is 23.2 Å². The SMILES string of the molecule is C[C@H](NS(=O)(=O)c1ccc(-c2c(C#N)c3cccnc3n2C2=CC=C2)nc1)C(F)(F)F. The summed E-state index contributed by atoms with van der Waals surface area (Å²) in [5.41, 5.74) is 2.28. The maximum atomic E-state index is 12.7. The Balaban J connectivity index is 1.80. The summed E-state index contributed by atoms with van der Waals surface area (Å²) < 4.78 is 66.1. The molecule has 158 valence electrons. The lowest BCUT2D eigenvalue weighted by Gasteiger charge is -2.17. The lowest BCUT2D eigenvalue weighted by atomic mass is 10.1. The van der Waals surface area contributed by atoms with Crippen LogP contribution < -0.4 is 4.72 Å². The van der Waals surface area contributed by atoms with Crippen molar-refractivity contribution in [1.82, 2.24) is 19.3 Å². The molecular formula is C20H14F3N5O2S. The van der Waals surface area contributed by atoms with E-state index < -0.39 is 27.1 Å². The Bertz CT molecular complexity index is 1380. The Morgan fingerprint density at radius 3 is 2.52 bits per heavy atom. The van der Waals surface area contributed by atoms with Gasteiger partial charge in [0.2, 0.25) is 10.0 Å². The third-order valence-electron chi connectivity index (χ3n) is 4.74. The predicted molar refractivity (Wildman–Crippen MR) is 107 cm³/mol. The summed E-state index contributed by atoms with van der Waals surface area (Å²) in [7, 11) is -4.44. The van der Waals surface area contributed by atoms with Gasteiger partial charge in [0.05, 0.1) is 17.0 Å². The number of hydrogen-bond acceptors (Lipinski definition) is 5. The highest BCUT2D eigenvalue weighted by molar-refractivity contribution is 7.89. The van der Waals surface area contributed by atoms with Gasteiger partial charge in [0.15, 0.2) is 0 Å². The second-order valence-corrected chi connectivity index (χ2v) is 8.47. The van der Waals surface area contributed by atoms with Crippen LogP contribution in [0.4, 0.5) is 13.2 Å². The summed E-state index contributed by atoms with van der Waals surface area (Å²) in [6.07, 6.45) is 3.28. The molecule has 0 aromatic carbocycles. The molecule has 0 fully saturated rings. The van der Waals surface area contributed by atoms with Gasteiger partial charge in [-0.25, -0.2) is 13.4 Å². The number of nitrogens with zero attached hydrogens (tertiary/aromatic N) is 4. The van der Waals surface area contributed by atoms with Crippen molar-refractivity contribution in [3.63, 3.8) is 0 Å². The molecule has 0 aliphatic heterocycles. The van der Waals surface area contributed by atoms with E-state index in [2.05, 4.69) is 16.0 Å². The fourth-order valence-electron chi connectivity index (χ4n) is 3.10. The Morgan fingerprint density at radius 2 is 1.97 bits per heavy atom. The number of nitriles is 1. The van der Waals surface area contributed by atoms with Gasteiger partial charge < -0.3 is 0 Å². The predicted octanol–water partition coefficient (Wildman–Crippen LogP) is 3.61. The van der Waals surface area contributed by atoms with Gasteiger partial charge >= 0.3 is 6.18 Å². The first-order chi connectivity index (χ1) is 14.6. The number of nitrogens with one attached hydrogen (secondary N) is 1. The quantitative estimate of drug-likeness (QED) is 0.647. The molecule has 1 N–H and O–H groups in total. The Kier molecular flexibility index (Phi) is 4.91. The van der Waals surface area contributed by atoms with Crippen molar-refractivity contribution in [2.45, 2.75) is 24.0 Å². The molecule has 0 radical (unpaired) electrons. The average Bonchev–Trinajstić information content (AvgIpc) is 3.00. The molecule has 0 spiro atoms. The number of sulfonamides is 1. The van der Waals surface area contributed by atoms with E-state index in [1.807, 2.05) is 18.2 Å². The molecule has 3 aromatic heterocycles. The molecule has 11 heteroatoms. The Hall–Kier alpha value is -3.49. The second kappa shape index (κ2) is 7.33. The van der Waals surface area contributed by atoms with E-state index in [4.69, 9.17) is 0 Å². The minimum Gasteiger partial charge on any atom is -0.291 e. The van der Waals surface area contributed by atoms with Crippen LogP contribution in [0.5, 0.6) is 0 Å². The van der Waals surface area contributed by atoms with Crippen molar-refractivity contribution >= 4 is 26.8 Å². The fraction of sp³-hybridized carbons (Fsp3) is 0.150. The van der Waals surface area contributed by atoms with Crippen molar-refractivity contribution in [3.05, 3.63) is 60.5 Å². The van der Waals surface area contributed by atoms with Crippen LogP contribution >= 0.6 is 0 Å². The lowest BCUT2D eigenvalue weighted by Crippen LogP contribution is -2.42. The highest BCUT2D eigenvalue weighted by atomic mass is 32.2. The fourth-order valence-corrected chi connectivity index (χ4v) is 4.27. The van der Waals surface area contributed by atoms with Crippen LogP contribution in [-0.2, 0) is 10.0 Å². The largest absolute Gasteiger partial charge is 0.404 e. The van der Waals surface area contributed by atoms with E-state index in [1.54, 1.807) is 27.6 Å². The molecule has 31 heavy (non-hydrogen) atoms. The van der Waals surface area contributed by atoms with Crippen molar-refractivity contribution < 1.29 is 21.6 Å². The number of pyridine rings is 2. The van der Waals surface area contributed by atoms with Gasteiger partial charge in [-0.1, -0.05) is 6.08 Å². The molecular weight excluding hydrogens is 431 g/mol. The van der Waals surface area contributed by atoms with E-state index in [-0.39, 0.29) is 5.69 Å². The van der Waals surface area contributed by atoms with Crippen LogP contribution in [0.2, 0.25) is 0 Å². The third-order valence-corrected chi connectivity index (χ3v) is 6.27. The smallest absolute Gasteiger partial charge is 0.291 e. The maximum Gasteiger partial charge on any atom is 0.404 e. The molecule has 1 aliphatic rings. The first-order valence-electron chi connectivity index (χ1n) is 8.97. The number of fused-ring (bicyclic) bond motifs is 1. The van der Waals surface area contributed by atoms with E-state index in [0.29, 0.717) is 29.2 Å². The molecule has 0 saturated heterocycles. The molecule has 0 saturated carbocycles. The van der Waals surface area contributed by atoms with E-state index in [9.17, 15) is 26.9 Å².